The number of amides is 2. The van der Waals surface area contributed by atoms with E-state index >= 15 is 0 Å². The molecular formula is C24H31N3O6. The Hall–Kier alpha value is -2.91. The zero-order valence-electron chi connectivity index (χ0n) is 19.0. The van der Waals surface area contributed by atoms with Crippen LogP contribution >= 0.6 is 0 Å². The standard InChI is InChI=1S/C24H31N3O6/c1-30-18-8-6-17(7-9-18)22-14-21(26-33-22)24(29)27(16-20-5-3-13-32-20)11-10-23(28)25-15-19-4-2-12-31-19/h6-9,14,19-20H,2-5,10-13,15-16H2,1H3,(H,25,28)/t19-,20+/m1/s1. The third-order valence-electron chi connectivity index (χ3n) is 6.00. The van der Waals surface area contributed by atoms with Gasteiger partial charge >= 0.3 is 0 Å². The van der Waals surface area contributed by atoms with Gasteiger partial charge in [0.1, 0.15) is 5.75 Å². The second-order valence-corrected chi connectivity index (χ2v) is 8.38. The highest BCUT2D eigenvalue weighted by Gasteiger charge is 2.26. The first kappa shape index (κ1) is 23.3. The number of carbonyl (C=O) groups excluding carboxylic acids is 2. The number of ether oxygens (including phenoxy) is 3. The topological polar surface area (TPSA) is 103 Å². The zero-order chi connectivity index (χ0) is 23.0. The van der Waals surface area contributed by atoms with Gasteiger partial charge < -0.3 is 29.0 Å². The van der Waals surface area contributed by atoms with E-state index in [1.807, 2.05) is 24.3 Å². The van der Waals surface area contributed by atoms with Crippen molar-refractivity contribution in [2.45, 2.75) is 44.3 Å². The normalized spacial score (nSPS) is 20.0. The van der Waals surface area contributed by atoms with E-state index in [0.717, 1.165) is 43.6 Å². The number of rotatable bonds is 10. The van der Waals surface area contributed by atoms with Crippen LogP contribution in [0.2, 0.25) is 0 Å². The van der Waals surface area contributed by atoms with Crippen molar-refractivity contribution in [3.63, 3.8) is 0 Å². The van der Waals surface area contributed by atoms with Crippen LogP contribution in [0.15, 0.2) is 34.9 Å². The van der Waals surface area contributed by atoms with Gasteiger partial charge in [-0.2, -0.15) is 0 Å². The van der Waals surface area contributed by atoms with Crippen LogP contribution in [0.5, 0.6) is 5.75 Å². The number of carbonyl (C=O) groups is 2. The molecule has 1 N–H and O–H groups in total. The minimum atomic E-state index is -0.277. The van der Waals surface area contributed by atoms with Crippen molar-refractivity contribution < 1.29 is 28.3 Å². The number of benzene rings is 1. The van der Waals surface area contributed by atoms with E-state index in [4.69, 9.17) is 18.7 Å². The van der Waals surface area contributed by atoms with Crippen LogP contribution in [0.3, 0.4) is 0 Å². The monoisotopic (exact) mass is 457 g/mol. The lowest BCUT2D eigenvalue weighted by Gasteiger charge is -2.24. The summed E-state index contributed by atoms with van der Waals surface area (Å²) in [6.07, 6.45) is 4.12. The SMILES string of the molecule is COc1ccc(-c2cc(C(=O)N(CCC(=O)NC[C@H]3CCCO3)C[C@@H]3CCCO3)no2)cc1. The maximum atomic E-state index is 13.2. The molecule has 2 aromatic rings. The second kappa shape index (κ2) is 11.3. The van der Waals surface area contributed by atoms with Crippen molar-refractivity contribution >= 4 is 11.8 Å². The second-order valence-electron chi connectivity index (χ2n) is 8.38. The fraction of sp³-hybridized carbons (Fsp3) is 0.542. The van der Waals surface area contributed by atoms with Crippen LogP contribution in [0, 0.1) is 0 Å². The zero-order valence-corrected chi connectivity index (χ0v) is 19.0. The lowest BCUT2D eigenvalue weighted by Crippen LogP contribution is -2.40. The van der Waals surface area contributed by atoms with E-state index in [1.165, 1.54) is 0 Å². The van der Waals surface area contributed by atoms with Crippen molar-refractivity contribution in [3.8, 4) is 17.1 Å². The van der Waals surface area contributed by atoms with Gasteiger partial charge in [0, 0.05) is 50.9 Å². The summed E-state index contributed by atoms with van der Waals surface area (Å²) in [5.74, 6) is 0.845. The summed E-state index contributed by atoms with van der Waals surface area (Å²) < 4.78 is 21.9. The van der Waals surface area contributed by atoms with Crippen LogP contribution in [0.25, 0.3) is 11.3 Å². The molecule has 0 spiro atoms. The molecule has 33 heavy (non-hydrogen) atoms. The first-order chi connectivity index (χ1) is 16.1. The summed E-state index contributed by atoms with van der Waals surface area (Å²) in [5.41, 5.74) is 1.00. The third kappa shape index (κ3) is 6.33. The van der Waals surface area contributed by atoms with Crippen LogP contribution in [-0.2, 0) is 14.3 Å². The van der Waals surface area contributed by atoms with Gasteiger partial charge in [-0.3, -0.25) is 9.59 Å². The molecule has 0 bridgehead atoms. The van der Waals surface area contributed by atoms with E-state index in [9.17, 15) is 9.59 Å². The maximum absolute atomic E-state index is 13.2. The molecule has 1 aromatic carbocycles. The van der Waals surface area contributed by atoms with Crippen LogP contribution < -0.4 is 10.1 Å². The fourth-order valence-electron chi connectivity index (χ4n) is 4.10. The number of hydrogen-bond acceptors (Lipinski definition) is 7. The molecule has 0 unspecified atom stereocenters. The van der Waals surface area contributed by atoms with Gasteiger partial charge in [-0.05, 0) is 49.9 Å². The van der Waals surface area contributed by atoms with Crippen LogP contribution in [0.1, 0.15) is 42.6 Å². The van der Waals surface area contributed by atoms with E-state index in [-0.39, 0.29) is 42.7 Å². The van der Waals surface area contributed by atoms with Crippen molar-refractivity contribution in [2.24, 2.45) is 0 Å². The molecule has 2 atom stereocenters. The van der Waals surface area contributed by atoms with Gasteiger partial charge in [0.05, 0.1) is 19.3 Å². The average Bonchev–Trinajstić information content (AvgIpc) is 3.63. The molecule has 0 aliphatic carbocycles. The van der Waals surface area contributed by atoms with Crippen LogP contribution in [-0.4, -0.2) is 74.0 Å². The highest BCUT2D eigenvalue weighted by molar-refractivity contribution is 5.93. The van der Waals surface area contributed by atoms with Gasteiger partial charge in [0.15, 0.2) is 11.5 Å². The molecule has 9 heteroatoms. The Morgan fingerprint density at radius 3 is 2.52 bits per heavy atom. The number of methoxy groups -OCH3 is 1. The molecule has 3 heterocycles. The van der Waals surface area contributed by atoms with Crippen molar-refractivity contribution in [3.05, 3.63) is 36.0 Å². The number of hydrogen-bond donors (Lipinski definition) is 1. The maximum Gasteiger partial charge on any atom is 0.276 e. The molecule has 9 nitrogen and oxygen atoms in total. The summed E-state index contributed by atoms with van der Waals surface area (Å²) in [6, 6.07) is 8.95. The van der Waals surface area contributed by atoms with Crippen molar-refractivity contribution in [1.82, 2.24) is 15.4 Å². The Morgan fingerprint density at radius 1 is 1.12 bits per heavy atom. The van der Waals surface area contributed by atoms with Gasteiger partial charge in [-0.1, -0.05) is 5.16 Å². The Labute approximate surface area is 193 Å². The molecule has 4 rings (SSSR count). The molecule has 2 aliphatic rings. The van der Waals surface area contributed by atoms with E-state index in [0.29, 0.717) is 25.5 Å². The molecule has 0 saturated carbocycles. The summed E-state index contributed by atoms with van der Waals surface area (Å²) >= 11 is 0. The first-order valence-electron chi connectivity index (χ1n) is 11.5. The van der Waals surface area contributed by atoms with Gasteiger partial charge in [0.2, 0.25) is 5.91 Å². The Kier molecular flexibility index (Phi) is 7.96. The predicted molar refractivity (Wildman–Crippen MR) is 120 cm³/mol. The smallest absolute Gasteiger partial charge is 0.276 e. The lowest BCUT2D eigenvalue weighted by molar-refractivity contribution is -0.121. The van der Waals surface area contributed by atoms with Gasteiger partial charge in [0.25, 0.3) is 5.91 Å². The average molecular weight is 458 g/mol. The van der Waals surface area contributed by atoms with E-state index in [1.54, 1.807) is 18.1 Å². The predicted octanol–water partition coefficient (Wildman–Crippen LogP) is 2.66. The summed E-state index contributed by atoms with van der Waals surface area (Å²) in [6.45, 7) is 2.65. The molecule has 2 amide bonds. The summed E-state index contributed by atoms with van der Waals surface area (Å²) in [5, 5.41) is 6.90. The largest absolute Gasteiger partial charge is 0.497 e. The molecule has 2 saturated heterocycles. The Bertz CT molecular complexity index is 917. The summed E-state index contributed by atoms with van der Waals surface area (Å²) in [4.78, 5) is 27.2. The highest BCUT2D eigenvalue weighted by atomic mass is 16.5. The molecule has 2 aliphatic heterocycles. The quantitative estimate of drug-likeness (QED) is 0.585. The number of nitrogens with one attached hydrogen (secondary N) is 1. The summed E-state index contributed by atoms with van der Waals surface area (Å²) in [7, 11) is 1.60. The third-order valence-corrected chi connectivity index (χ3v) is 6.00. The first-order valence-corrected chi connectivity index (χ1v) is 11.5. The Balaban J connectivity index is 1.38. The molecule has 1 aromatic heterocycles. The van der Waals surface area contributed by atoms with Gasteiger partial charge in [-0.25, -0.2) is 0 Å². The lowest BCUT2D eigenvalue weighted by atomic mass is 10.1. The van der Waals surface area contributed by atoms with E-state index < -0.39 is 0 Å². The molecule has 0 radical (unpaired) electrons. The minimum Gasteiger partial charge on any atom is -0.497 e. The molecular weight excluding hydrogens is 426 g/mol. The number of aromatic nitrogens is 1. The van der Waals surface area contributed by atoms with Crippen molar-refractivity contribution in [1.29, 1.82) is 0 Å². The minimum absolute atomic E-state index is 0.0307. The van der Waals surface area contributed by atoms with E-state index in [2.05, 4.69) is 10.5 Å². The molecule has 178 valence electrons. The van der Waals surface area contributed by atoms with Crippen LogP contribution in [0.4, 0.5) is 0 Å². The van der Waals surface area contributed by atoms with Crippen molar-refractivity contribution in [2.75, 3.05) is 40.0 Å². The fourth-order valence-corrected chi connectivity index (χ4v) is 4.10. The number of nitrogens with zero attached hydrogens (tertiary/aromatic N) is 2. The highest BCUT2D eigenvalue weighted by Crippen LogP contribution is 2.24. The van der Waals surface area contributed by atoms with Gasteiger partial charge in [-0.15, -0.1) is 0 Å². The molecule has 2 fully saturated rings. The Morgan fingerprint density at radius 2 is 1.85 bits per heavy atom.